The predicted octanol–water partition coefficient (Wildman–Crippen LogP) is 2.46. The van der Waals surface area contributed by atoms with Gasteiger partial charge < -0.3 is 5.32 Å². The van der Waals surface area contributed by atoms with Crippen molar-refractivity contribution < 1.29 is 9.59 Å². The van der Waals surface area contributed by atoms with Gasteiger partial charge in [0.05, 0.1) is 6.54 Å². The molecule has 1 N–H and O–H groups in total. The summed E-state index contributed by atoms with van der Waals surface area (Å²) in [5, 5.41) is 6.07. The molecular formula is C12H13N5O2. The Morgan fingerprint density at radius 2 is 1.95 bits per heavy atom. The zero-order chi connectivity index (χ0) is 14.0. The van der Waals surface area contributed by atoms with E-state index in [1.54, 1.807) is 38.1 Å². The molecule has 7 heteroatoms. The predicted molar refractivity (Wildman–Crippen MR) is 68.4 cm³/mol. The maximum atomic E-state index is 12.0. The fourth-order valence-corrected chi connectivity index (χ4v) is 1.86. The lowest BCUT2D eigenvalue weighted by atomic mass is 10.1. The third kappa shape index (κ3) is 2.51. The molecule has 0 saturated carbocycles. The van der Waals surface area contributed by atoms with Crippen LogP contribution in [0, 0.1) is 0 Å². The molecule has 0 radical (unpaired) electrons. The number of carbonyl (C=O) groups excluding carboxylic acids is 2. The number of rotatable bonds is 3. The van der Waals surface area contributed by atoms with Gasteiger partial charge in [-0.3, -0.25) is 9.69 Å². The van der Waals surface area contributed by atoms with Crippen LogP contribution in [0.3, 0.4) is 0 Å². The van der Waals surface area contributed by atoms with Crippen LogP contribution in [0.1, 0.15) is 19.4 Å². The van der Waals surface area contributed by atoms with Crippen molar-refractivity contribution in [1.82, 2.24) is 10.2 Å². The van der Waals surface area contributed by atoms with E-state index in [1.807, 2.05) is 0 Å². The zero-order valence-corrected chi connectivity index (χ0v) is 10.6. The Morgan fingerprint density at radius 3 is 2.42 bits per heavy atom. The second kappa shape index (κ2) is 4.62. The molecule has 98 valence electrons. The van der Waals surface area contributed by atoms with Gasteiger partial charge in [0.1, 0.15) is 5.54 Å². The first-order valence-corrected chi connectivity index (χ1v) is 5.72. The van der Waals surface area contributed by atoms with Crippen molar-refractivity contribution in [2.75, 3.05) is 0 Å². The molecule has 0 aliphatic carbocycles. The van der Waals surface area contributed by atoms with E-state index in [0.29, 0.717) is 5.69 Å². The quantitative estimate of drug-likeness (QED) is 0.390. The van der Waals surface area contributed by atoms with Crippen LogP contribution in [0.5, 0.6) is 0 Å². The summed E-state index contributed by atoms with van der Waals surface area (Å²) >= 11 is 0. The summed E-state index contributed by atoms with van der Waals surface area (Å²) in [4.78, 5) is 27.5. The van der Waals surface area contributed by atoms with Crippen LogP contribution in [0.2, 0.25) is 0 Å². The second-order valence-corrected chi connectivity index (χ2v) is 4.80. The molecule has 3 amide bonds. The van der Waals surface area contributed by atoms with E-state index in [-0.39, 0.29) is 12.5 Å². The van der Waals surface area contributed by atoms with Gasteiger partial charge in [0.2, 0.25) is 0 Å². The Bertz CT molecular complexity index is 572. The second-order valence-electron chi connectivity index (χ2n) is 4.80. The van der Waals surface area contributed by atoms with Crippen LogP contribution in [0.25, 0.3) is 10.4 Å². The molecule has 1 aliphatic heterocycles. The highest BCUT2D eigenvalue weighted by atomic mass is 16.2. The van der Waals surface area contributed by atoms with Crippen LogP contribution in [-0.4, -0.2) is 22.4 Å². The van der Waals surface area contributed by atoms with Crippen LogP contribution < -0.4 is 5.32 Å². The molecule has 0 bridgehead atoms. The minimum absolute atomic E-state index is 0.199. The van der Waals surface area contributed by atoms with Crippen molar-refractivity contribution in [3.05, 3.63) is 40.3 Å². The molecule has 1 fully saturated rings. The molecule has 1 saturated heterocycles. The van der Waals surface area contributed by atoms with Crippen molar-refractivity contribution >= 4 is 17.6 Å². The van der Waals surface area contributed by atoms with E-state index in [9.17, 15) is 9.59 Å². The van der Waals surface area contributed by atoms with Gasteiger partial charge in [-0.2, -0.15) is 0 Å². The smallest absolute Gasteiger partial charge is 0.324 e. The van der Waals surface area contributed by atoms with Crippen molar-refractivity contribution in [2.45, 2.75) is 25.9 Å². The van der Waals surface area contributed by atoms with E-state index < -0.39 is 11.6 Å². The number of benzene rings is 1. The van der Waals surface area contributed by atoms with Gasteiger partial charge in [-0.1, -0.05) is 29.4 Å². The van der Waals surface area contributed by atoms with Crippen molar-refractivity contribution in [1.29, 1.82) is 0 Å². The van der Waals surface area contributed by atoms with Gasteiger partial charge in [0.25, 0.3) is 5.91 Å². The Kier molecular flexibility index (Phi) is 3.14. The van der Waals surface area contributed by atoms with E-state index in [1.165, 1.54) is 4.90 Å². The molecule has 1 heterocycles. The number of carbonyl (C=O) groups is 2. The number of azide groups is 1. The first kappa shape index (κ1) is 12.9. The fraction of sp³-hybridized carbons (Fsp3) is 0.333. The zero-order valence-electron chi connectivity index (χ0n) is 10.6. The average molecular weight is 259 g/mol. The summed E-state index contributed by atoms with van der Waals surface area (Å²) < 4.78 is 0. The van der Waals surface area contributed by atoms with Crippen molar-refractivity contribution in [2.24, 2.45) is 5.11 Å². The first-order valence-electron chi connectivity index (χ1n) is 5.72. The summed E-state index contributed by atoms with van der Waals surface area (Å²) in [6.07, 6.45) is 0. The molecule has 0 unspecified atom stereocenters. The Balaban J connectivity index is 2.15. The number of nitrogens with one attached hydrogen (secondary N) is 1. The molecule has 0 atom stereocenters. The number of nitrogens with zero attached hydrogens (tertiary/aromatic N) is 4. The summed E-state index contributed by atoms with van der Waals surface area (Å²) in [6.45, 7) is 3.53. The van der Waals surface area contributed by atoms with E-state index >= 15 is 0 Å². The van der Waals surface area contributed by atoms with Crippen molar-refractivity contribution in [3.63, 3.8) is 0 Å². The van der Waals surface area contributed by atoms with E-state index in [4.69, 9.17) is 5.53 Å². The highest BCUT2D eigenvalue weighted by Crippen LogP contribution is 2.20. The van der Waals surface area contributed by atoms with Crippen LogP contribution in [-0.2, 0) is 11.3 Å². The fourth-order valence-electron chi connectivity index (χ4n) is 1.86. The Labute approximate surface area is 109 Å². The summed E-state index contributed by atoms with van der Waals surface area (Å²) in [5.41, 5.74) is 8.72. The number of hydrogen-bond acceptors (Lipinski definition) is 3. The first-order chi connectivity index (χ1) is 8.94. The van der Waals surface area contributed by atoms with Gasteiger partial charge in [0, 0.05) is 10.6 Å². The monoisotopic (exact) mass is 259 g/mol. The number of amides is 3. The molecule has 1 aliphatic rings. The third-order valence-electron chi connectivity index (χ3n) is 2.88. The van der Waals surface area contributed by atoms with E-state index in [0.717, 1.165) is 5.56 Å². The summed E-state index contributed by atoms with van der Waals surface area (Å²) in [7, 11) is 0. The lowest BCUT2D eigenvalue weighted by molar-refractivity contribution is -0.130. The number of urea groups is 1. The number of hydrogen-bond donors (Lipinski definition) is 1. The van der Waals surface area contributed by atoms with Crippen LogP contribution in [0.4, 0.5) is 10.5 Å². The van der Waals surface area contributed by atoms with Crippen LogP contribution in [0.15, 0.2) is 29.4 Å². The summed E-state index contributed by atoms with van der Waals surface area (Å²) in [6, 6.07) is 6.32. The summed E-state index contributed by atoms with van der Waals surface area (Å²) in [5.74, 6) is -0.253. The van der Waals surface area contributed by atoms with Gasteiger partial charge in [-0.15, -0.1) is 0 Å². The largest absolute Gasteiger partial charge is 0.325 e. The Hall–Kier alpha value is -2.53. The van der Waals surface area contributed by atoms with Crippen LogP contribution >= 0.6 is 0 Å². The number of imide groups is 1. The lowest BCUT2D eigenvalue weighted by Gasteiger charge is -2.16. The van der Waals surface area contributed by atoms with Gasteiger partial charge in [-0.05, 0) is 24.9 Å². The minimum Gasteiger partial charge on any atom is -0.324 e. The van der Waals surface area contributed by atoms with Gasteiger partial charge in [0.15, 0.2) is 0 Å². The molecule has 19 heavy (non-hydrogen) atoms. The van der Waals surface area contributed by atoms with Crippen molar-refractivity contribution in [3.8, 4) is 0 Å². The normalized spacial score (nSPS) is 17.1. The molecule has 0 aromatic heterocycles. The van der Waals surface area contributed by atoms with Gasteiger partial charge in [-0.25, -0.2) is 4.79 Å². The highest BCUT2D eigenvalue weighted by Gasteiger charge is 2.43. The average Bonchev–Trinajstić information content (AvgIpc) is 2.54. The molecule has 2 rings (SSSR count). The SMILES string of the molecule is CC1(C)NC(=O)N(Cc2ccc(N=[N+]=[N-])cc2)C1=O. The lowest BCUT2D eigenvalue weighted by Crippen LogP contribution is -2.40. The Morgan fingerprint density at radius 1 is 1.32 bits per heavy atom. The van der Waals surface area contributed by atoms with Gasteiger partial charge >= 0.3 is 6.03 Å². The maximum absolute atomic E-state index is 12.0. The van der Waals surface area contributed by atoms with E-state index in [2.05, 4.69) is 15.3 Å². The topological polar surface area (TPSA) is 98.2 Å². The highest BCUT2D eigenvalue weighted by molar-refractivity contribution is 6.06. The molecule has 0 spiro atoms. The third-order valence-corrected chi connectivity index (χ3v) is 2.88. The minimum atomic E-state index is -0.859. The standard InChI is InChI=1S/C12H13N5O2/c1-12(2)10(18)17(11(19)14-12)7-8-3-5-9(6-4-8)15-16-13/h3-6H,7H2,1-2H3,(H,14,19). The molecule has 7 nitrogen and oxygen atoms in total. The maximum Gasteiger partial charge on any atom is 0.325 e. The molecule has 1 aromatic carbocycles. The molecule has 1 aromatic rings. The molecular weight excluding hydrogens is 246 g/mol.